The molecule has 0 spiro atoms. The number of hydrogen-bond donors (Lipinski definition) is 1. The molecule has 1 N–H and O–H groups in total. The molecule has 5 aromatic carbocycles. The summed E-state index contributed by atoms with van der Waals surface area (Å²) in [5.41, 5.74) is 9.37. The van der Waals surface area contributed by atoms with Gasteiger partial charge in [0.15, 0.2) is 0 Å². The van der Waals surface area contributed by atoms with E-state index in [2.05, 4.69) is 104 Å². The molecule has 0 saturated heterocycles. The molecule has 158 valence electrons. The lowest BCUT2D eigenvalue weighted by Crippen LogP contribution is -2.27. The smallest absolute Gasteiger partial charge is 0.142 e. The van der Waals surface area contributed by atoms with Crippen molar-refractivity contribution in [1.82, 2.24) is 0 Å². The van der Waals surface area contributed by atoms with E-state index in [1.165, 1.54) is 0 Å². The summed E-state index contributed by atoms with van der Waals surface area (Å²) in [5, 5.41) is 12.6. The van der Waals surface area contributed by atoms with Crippen LogP contribution in [0.1, 0.15) is 22.3 Å². The molecular weight excluding hydrogens is 400 g/mol. The van der Waals surface area contributed by atoms with Crippen molar-refractivity contribution < 1.29 is 5.11 Å². The fourth-order valence-corrected chi connectivity index (χ4v) is 5.19. The first-order chi connectivity index (χ1) is 16.2. The molecule has 1 nitrogen and oxygen atoms in total. The summed E-state index contributed by atoms with van der Waals surface area (Å²) in [5.74, 6) is 0. The summed E-state index contributed by atoms with van der Waals surface area (Å²) in [6.07, 6.45) is 0. The van der Waals surface area contributed by atoms with Crippen LogP contribution in [0.2, 0.25) is 0 Å². The highest BCUT2D eigenvalue weighted by Gasteiger charge is 2.44. The van der Waals surface area contributed by atoms with E-state index in [-0.39, 0.29) is 0 Å². The van der Waals surface area contributed by atoms with E-state index in [1.807, 2.05) is 24.3 Å². The number of benzene rings is 5. The minimum Gasteiger partial charge on any atom is -0.376 e. The summed E-state index contributed by atoms with van der Waals surface area (Å²) in [6, 6.07) is 41.9. The number of fused-ring (bicyclic) bond motifs is 3. The summed E-state index contributed by atoms with van der Waals surface area (Å²) in [6.45, 7) is 2.08. The zero-order chi connectivity index (χ0) is 22.4. The molecule has 0 bridgehead atoms. The van der Waals surface area contributed by atoms with Crippen LogP contribution in [0.4, 0.5) is 0 Å². The lowest BCUT2D eigenvalue weighted by atomic mass is 9.80. The normalized spacial score (nSPS) is 13.4. The molecule has 33 heavy (non-hydrogen) atoms. The van der Waals surface area contributed by atoms with Crippen molar-refractivity contribution in [3.8, 4) is 33.4 Å². The Balaban J connectivity index is 1.63. The summed E-state index contributed by atoms with van der Waals surface area (Å²) in [4.78, 5) is 0. The van der Waals surface area contributed by atoms with Crippen LogP contribution in [-0.2, 0) is 5.60 Å². The van der Waals surface area contributed by atoms with Gasteiger partial charge in [0.05, 0.1) is 0 Å². The van der Waals surface area contributed by atoms with Gasteiger partial charge in [-0.25, -0.2) is 0 Å². The Morgan fingerprint density at radius 2 is 0.909 bits per heavy atom. The number of rotatable bonds is 3. The molecular formula is C32H24O. The van der Waals surface area contributed by atoms with Crippen LogP contribution in [0.5, 0.6) is 0 Å². The van der Waals surface area contributed by atoms with Crippen molar-refractivity contribution in [2.24, 2.45) is 0 Å². The predicted molar refractivity (Wildman–Crippen MR) is 136 cm³/mol. The Morgan fingerprint density at radius 1 is 0.455 bits per heavy atom. The molecule has 0 radical (unpaired) electrons. The van der Waals surface area contributed by atoms with Crippen molar-refractivity contribution in [2.45, 2.75) is 12.5 Å². The van der Waals surface area contributed by atoms with Crippen molar-refractivity contribution in [1.29, 1.82) is 0 Å². The van der Waals surface area contributed by atoms with E-state index in [9.17, 15) is 5.11 Å². The largest absolute Gasteiger partial charge is 0.376 e. The molecule has 6 rings (SSSR count). The van der Waals surface area contributed by atoms with E-state index in [0.29, 0.717) is 0 Å². The lowest BCUT2D eigenvalue weighted by molar-refractivity contribution is 0.130. The van der Waals surface area contributed by atoms with Gasteiger partial charge in [0, 0.05) is 11.1 Å². The quantitative estimate of drug-likeness (QED) is 0.316. The summed E-state index contributed by atoms with van der Waals surface area (Å²) < 4.78 is 0. The van der Waals surface area contributed by atoms with E-state index in [4.69, 9.17) is 0 Å². The van der Waals surface area contributed by atoms with Crippen LogP contribution in [0.15, 0.2) is 121 Å². The molecule has 1 heteroatoms. The van der Waals surface area contributed by atoms with Crippen LogP contribution in [-0.4, -0.2) is 5.11 Å². The first kappa shape index (κ1) is 19.7. The molecule has 0 saturated carbocycles. The number of hydrogen-bond acceptors (Lipinski definition) is 1. The highest BCUT2D eigenvalue weighted by Crippen LogP contribution is 2.53. The standard InChI is InChI=1S/C32H24O/c1-22-10-8-9-15-29(22)32(33)30-20-25(23-11-4-2-5-12-23)16-18-27(30)28-19-17-26(21-31(28)32)24-13-6-3-7-14-24/h2-21,33H,1H3. The first-order valence-corrected chi connectivity index (χ1v) is 11.3. The molecule has 1 aliphatic carbocycles. The molecule has 5 aromatic rings. The Kier molecular flexibility index (Phi) is 4.53. The Hall–Kier alpha value is -3.94. The van der Waals surface area contributed by atoms with Crippen LogP contribution in [0.3, 0.4) is 0 Å². The van der Waals surface area contributed by atoms with Crippen LogP contribution < -0.4 is 0 Å². The fourth-order valence-electron chi connectivity index (χ4n) is 5.19. The van der Waals surface area contributed by atoms with Crippen molar-refractivity contribution in [3.05, 3.63) is 144 Å². The second kappa shape index (κ2) is 7.58. The maximum atomic E-state index is 12.6. The molecule has 0 unspecified atom stereocenters. The van der Waals surface area contributed by atoms with Crippen molar-refractivity contribution >= 4 is 0 Å². The Labute approximate surface area is 194 Å². The SMILES string of the molecule is Cc1ccccc1C1(O)c2cc(-c3ccccc3)ccc2-c2ccc(-c3ccccc3)cc21. The Bertz CT molecular complexity index is 1380. The van der Waals surface area contributed by atoms with E-state index < -0.39 is 5.60 Å². The van der Waals surface area contributed by atoms with Gasteiger partial charge < -0.3 is 5.11 Å². The van der Waals surface area contributed by atoms with Crippen LogP contribution in [0.25, 0.3) is 33.4 Å². The lowest BCUT2D eigenvalue weighted by Gasteiger charge is -2.29. The molecule has 0 fully saturated rings. The van der Waals surface area contributed by atoms with Gasteiger partial charge in [-0.05, 0) is 63.6 Å². The van der Waals surface area contributed by atoms with Crippen LogP contribution >= 0.6 is 0 Å². The van der Waals surface area contributed by atoms with Crippen molar-refractivity contribution in [3.63, 3.8) is 0 Å². The average Bonchev–Trinajstić information content (AvgIpc) is 3.13. The maximum absolute atomic E-state index is 12.6. The molecule has 0 aromatic heterocycles. The maximum Gasteiger partial charge on any atom is 0.142 e. The van der Waals surface area contributed by atoms with Gasteiger partial charge in [0.1, 0.15) is 5.60 Å². The van der Waals surface area contributed by atoms with E-state index >= 15 is 0 Å². The third kappa shape index (κ3) is 3.05. The van der Waals surface area contributed by atoms with Crippen LogP contribution in [0, 0.1) is 6.92 Å². The highest BCUT2D eigenvalue weighted by atomic mass is 16.3. The minimum absolute atomic E-state index is 0.931. The summed E-state index contributed by atoms with van der Waals surface area (Å²) in [7, 11) is 0. The number of aryl methyl sites for hydroxylation is 1. The highest BCUT2D eigenvalue weighted by molar-refractivity contribution is 5.87. The predicted octanol–water partition coefficient (Wildman–Crippen LogP) is 7.59. The van der Waals surface area contributed by atoms with E-state index in [1.54, 1.807) is 0 Å². The zero-order valence-electron chi connectivity index (χ0n) is 18.5. The van der Waals surface area contributed by atoms with Gasteiger partial charge in [0.2, 0.25) is 0 Å². The monoisotopic (exact) mass is 424 g/mol. The topological polar surface area (TPSA) is 20.2 Å². The molecule has 0 atom stereocenters. The van der Waals surface area contributed by atoms with Gasteiger partial charge in [-0.1, -0.05) is 109 Å². The average molecular weight is 425 g/mol. The molecule has 0 heterocycles. The zero-order valence-corrected chi connectivity index (χ0v) is 18.5. The molecule has 0 aliphatic heterocycles. The Morgan fingerprint density at radius 3 is 1.39 bits per heavy atom. The van der Waals surface area contributed by atoms with E-state index in [0.717, 1.165) is 55.6 Å². The third-order valence-electron chi connectivity index (χ3n) is 6.86. The minimum atomic E-state index is -1.22. The van der Waals surface area contributed by atoms with Gasteiger partial charge >= 0.3 is 0 Å². The summed E-state index contributed by atoms with van der Waals surface area (Å²) >= 11 is 0. The molecule has 1 aliphatic rings. The van der Waals surface area contributed by atoms with Gasteiger partial charge in [-0.3, -0.25) is 0 Å². The number of aliphatic hydroxyl groups is 1. The van der Waals surface area contributed by atoms with Gasteiger partial charge in [-0.15, -0.1) is 0 Å². The van der Waals surface area contributed by atoms with Crippen molar-refractivity contribution in [2.75, 3.05) is 0 Å². The van der Waals surface area contributed by atoms with Gasteiger partial charge in [-0.2, -0.15) is 0 Å². The fraction of sp³-hybridized carbons (Fsp3) is 0.0625. The third-order valence-corrected chi connectivity index (χ3v) is 6.86. The first-order valence-electron chi connectivity index (χ1n) is 11.3. The molecule has 0 amide bonds. The second-order valence-corrected chi connectivity index (χ2v) is 8.78. The van der Waals surface area contributed by atoms with Gasteiger partial charge in [0.25, 0.3) is 0 Å². The second-order valence-electron chi connectivity index (χ2n) is 8.78.